The third-order valence-electron chi connectivity index (χ3n) is 3.71. The maximum atomic E-state index is 11.9. The molecule has 0 aromatic heterocycles. The fraction of sp³-hybridized carbons (Fsp3) is 0.474. The van der Waals surface area contributed by atoms with E-state index in [0.717, 1.165) is 13.1 Å². The molecule has 6 nitrogen and oxygen atoms in total. The SMILES string of the molecule is CN=C(NCC(=O)NC(C)(C)C)NCc1cccc(N2CC=CC2)c1. The molecule has 3 N–H and O–H groups in total. The summed E-state index contributed by atoms with van der Waals surface area (Å²) in [5.74, 6) is 0.552. The number of hydrogen-bond donors (Lipinski definition) is 3. The van der Waals surface area contributed by atoms with Gasteiger partial charge in [0.25, 0.3) is 0 Å². The molecule has 0 radical (unpaired) electrons. The van der Waals surface area contributed by atoms with Crippen molar-refractivity contribution in [3.05, 3.63) is 42.0 Å². The summed E-state index contributed by atoms with van der Waals surface area (Å²) in [6.45, 7) is 8.64. The monoisotopic (exact) mass is 343 g/mol. The zero-order valence-corrected chi connectivity index (χ0v) is 15.6. The predicted molar refractivity (Wildman–Crippen MR) is 104 cm³/mol. The lowest BCUT2D eigenvalue weighted by Crippen LogP contribution is -2.48. The van der Waals surface area contributed by atoms with Gasteiger partial charge in [0.1, 0.15) is 0 Å². The van der Waals surface area contributed by atoms with Crippen molar-refractivity contribution in [1.29, 1.82) is 0 Å². The lowest BCUT2D eigenvalue weighted by Gasteiger charge is -2.21. The quantitative estimate of drug-likeness (QED) is 0.432. The fourth-order valence-electron chi connectivity index (χ4n) is 2.58. The van der Waals surface area contributed by atoms with Gasteiger partial charge >= 0.3 is 0 Å². The number of carbonyl (C=O) groups is 1. The summed E-state index contributed by atoms with van der Waals surface area (Å²) in [4.78, 5) is 18.4. The molecule has 1 aromatic rings. The number of aliphatic imine (C=N–C) groups is 1. The summed E-state index contributed by atoms with van der Waals surface area (Å²) in [7, 11) is 1.70. The van der Waals surface area contributed by atoms with E-state index in [4.69, 9.17) is 0 Å². The summed E-state index contributed by atoms with van der Waals surface area (Å²) in [6, 6.07) is 8.46. The van der Waals surface area contributed by atoms with Gasteiger partial charge in [0, 0.05) is 37.9 Å². The topological polar surface area (TPSA) is 68.8 Å². The summed E-state index contributed by atoms with van der Waals surface area (Å²) >= 11 is 0. The number of carbonyl (C=O) groups excluding carboxylic acids is 1. The molecular weight excluding hydrogens is 314 g/mol. The highest BCUT2D eigenvalue weighted by atomic mass is 16.2. The minimum absolute atomic E-state index is 0.0565. The van der Waals surface area contributed by atoms with Crippen molar-refractivity contribution in [2.24, 2.45) is 4.99 Å². The lowest BCUT2D eigenvalue weighted by atomic mass is 10.1. The second-order valence-corrected chi connectivity index (χ2v) is 7.12. The molecule has 136 valence electrons. The molecule has 1 aliphatic rings. The van der Waals surface area contributed by atoms with Gasteiger partial charge in [0.15, 0.2) is 5.96 Å². The van der Waals surface area contributed by atoms with Gasteiger partial charge in [-0.05, 0) is 38.5 Å². The Morgan fingerprint density at radius 2 is 1.92 bits per heavy atom. The normalized spacial score (nSPS) is 14.6. The van der Waals surface area contributed by atoms with Crippen LogP contribution >= 0.6 is 0 Å². The zero-order valence-electron chi connectivity index (χ0n) is 15.6. The standard InChI is InChI=1S/C19H29N5O/c1-19(2,3)23-17(25)14-22-18(20-4)21-13-15-8-7-9-16(12-15)24-10-5-6-11-24/h5-9,12H,10-11,13-14H2,1-4H3,(H,23,25)(H2,20,21,22). The first kappa shape index (κ1) is 18.8. The molecule has 0 saturated carbocycles. The third kappa shape index (κ3) is 6.49. The predicted octanol–water partition coefficient (Wildman–Crippen LogP) is 1.64. The Morgan fingerprint density at radius 3 is 2.56 bits per heavy atom. The highest BCUT2D eigenvalue weighted by molar-refractivity contribution is 5.86. The maximum absolute atomic E-state index is 11.9. The average molecular weight is 343 g/mol. The fourth-order valence-corrected chi connectivity index (χ4v) is 2.58. The van der Waals surface area contributed by atoms with E-state index in [9.17, 15) is 4.79 Å². The van der Waals surface area contributed by atoms with Crippen LogP contribution in [0.15, 0.2) is 41.4 Å². The van der Waals surface area contributed by atoms with Crippen LogP contribution in [0.25, 0.3) is 0 Å². The van der Waals surface area contributed by atoms with E-state index in [1.54, 1.807) is 7.05 Å². The van der Waals surface area contributed by atoms with Crippen LogP contribution in [0, 0.1) is 0 Å². The van der Waals surface area contributed by atoms with E-state index in [-0.39, 0.29) is 18.0 Å². The van der Waals surface area contributed by atoms with E-state index in [1.165, 1.54) is 11.3 Å². The Morgan fingerprint density at radius 1 is 1.20 bits per heavy atom. The summed E-state index contributed by atoms with van der Waals surface area (Å²) in [6.07, 6.45) is 4.36. The van der Waals surface area contributed by atoms with Crippen LogP contribution in [0.4, 0.5) is 5.69 Å². The van der Waals surface area contributed by atoms with Crippen LogP contribution in [0.5, 0.6) is 0 Å². The van der Waals surface area contributed by atoms with Crippen LogP contribution < -0.4 is 20.9 Å². The van der Waals surface area contributed by atoms with Crippen molar-refractivity contribution in [3.63, 3.8) is 0 Å². The van der Waals surface area contributed by atoms with Gasteiger partial charge in [0.05, 0.1) is 6.54 Å². The molecule has 0 aliphatic carbocycles. The molecule has 0 bridgehead atoms. The molecule has 0 spiro atoms. The lowest BCUT2D eigenvalue weighted by molar-refractivity contribution is -0.121. The summed E-state index contributed by atoms with van der Waals surface area (Å²) in [5, 5.41) is 9.20. The minimum Gasteiger partial charge on any atom is -0.364 e. The van der Waals surface area contributed by atoms with Crippen molar-refractivity contribution < 1.29 is 4.79 Å². The van der Waals surface area contributed by atoms with Crippen molar-refractivity contribution in [1.82, 2.24) is 16.0 Å². The molecule has 0 fully saturated rings. The van der Waals surface area contributed by atoms with E-state index in [2.05, 4.69) is 62.3 Å². The smallest absolute Gasteiger partial charge is 0.239 e. The van der Waals surface area contributed by atoms with Crippen molar-refractivity contribution in [3.8, 4) is 0 Å². The van der Waals surface area contributed by atoms with Crippen LogP contribution in [-0.2, 0) is 11.3 Å². The van der Waals surface area contributed by atoms with Gasteiger partial charge < -0.3 is 20.9 Å². The first-order valence-corrected chi connectivity index (χ1v) is 8.62. The summed E-state index contributed by atoms with van der Waals surface area (Å²) < 4.78 is 0. The summed E-state index contributed by atoms with van der Waals surface area (Å²) in [5.41, 5.74) is 2.16. The van der Waals surface area contributed by atoms with Crippen LogP contribution in [0.3, 0.4) is 0 Å². The number of nitrogens with zero attached hydrogens (tertiary/aromatic N) is 2. The number of guanidine groups is 1. The highest BCUT2D eigenvalue weighted by Crippen LogP contribution is 2.18. The number of benzene rings is 1. The Balaban J connectivity index is 1.82. The van der Waals surface area contributed by atoms with Crippen LogP contribution in [0.2, 0.25) is 0 Å². The molecule has 25 heavy (non-hydrogen) atoms. The molecular formula is C19H29N5O. The second-order valence-electron chi connectivity index (χ2n) is 7.12. The minimum atomic E-state index is -0.236. The van der Waals surface area contributed by atoms with E-state index in [1.807, 2.05) is 20.8 Å². The molecule has 0 atom stereocenters. The number of nitrogens with one attached hydrogen (secondary N) is 3. The molecule has 2 rings (SSSR count). The van der Waals surface area contributed by atoms with Gasteiger partial charge in [0.2, 0.25) is 5.91 Å². The van der Waals surface area contributed by atoms with E-state index >= 15 is 0 Å². The molecule has 0 unspecified atom stereocenters. The maximum Gasteiger partial charge on any atom is 0.239 e. The van der Waals surface area contributed by atoms with Crippen LogP contribution in [-0.4, -0.2) is 44.1 Å². The van der Waals surface area contributed by atoms with Gasteiger partial charge in [-0.25, -0.2) is 0 Å². The Labute approximate surface area is 150 Å². The largest absolute Gasteiger partial charge is 0.364 e. The van der Waals surface area contributed by atoms with Gasteiger partial charge in [-0.2, -0.15) is 0 Å². The van der Waals surface area contributed by atoms with E-state index in [0.29, 0.717) is 12.5 Å². The van der Waals surface area contributed by atoms with Crippen molar-refractivity contribution in [2.75, 3.05) is 31.6 Å². The number of anilines is 1. The molecule has 1 aliphatic heterocycles. The van der Waals surface area contributed by atoms with Crippen molar-refractivity contribution in [2.45, 2.75) is 32.9 Å². The Hall–Kier alpha value is -2.50. The van der Waals surface area contributed by atoms with Crippen LogP contribution in [0.1, 0.15) is 26.3 Å². The Bertz CT molecular complexity index is 637. The molecule has 1 heterocycles. The highest BCUT2D eigenvalue weighted by Gasteiger charge is 2.13. The zero-order chi connectivity index (χ0) is 18.3. The first-order valence-electron chi connectivity index (χ1n) is 8.62. The number of rotatable bonds is 5. The molecule has 1 aromatic carbocycles. The molecule has 1 amide bonds. The van der Waals surface area contributed by atoms with Gasteiger partial charge in [-0.3, -0.25) is 9.79 Å². The van der Waals surface area contributed by atoms with Crippen molar-refractivity contribution >= 4 is 17.6 Å². The molecule has 6 heteroatoms. The Kier molecular flexibility index (Phi) is 6.44. The number of amides is 1. The average Bonchev–Trinajstić information content (AvgIpc) is 3.08. The molecule has 0 saturated heterocycles. The van der Waals surface area contributed by atoms with Gasteiger partial charge in [-0.15, -0.1) is 0 Å². The van der Waals surface area contributed by atoms with E-state index < -0.39 is 0 Å². The third-order valence-corrected chi connectivity index (χ3v) is 3.71. The van der Waals surface area contributed by atoms with Gasteiger partial charge in [-0.1, -0.05) is 24.3 Å². The number of hydrogen-bond acceptors (Lipinski definition) is 3. The second kappa shape index (κ2) is 8.55. The first-order chi connectivity index (χ1) is 11.9.